The SMILES string of the molecule is CCOC(=O)c1cc(CN2C(=O)N(c3ccc(SC(F)(F)F)cc3)C(=O)C23CC3)ccn1. The lowest BCUT2D eigenvalue weighted by Gasteiger charge is -2.21. The first kappa shape index (κ1) is 22.1. The van der Waals surface area contributed by atoms with Gasteiger partial charge in [-0.05, 0) is 73.5 Å². The molecule has 0 atom stereocenters. The lowest BCUT2D eigenvalue weighted by atomic mass is 10.1. The smallest absolute Gasteiger partial charge is 0.446 e. The number of aromatic nitrogens is 1. The minimum atomic E-state index is -4.43. The van der Waals surface area contributed by atoms with Crippen LogP contribution in [-0.4, -0.2) is 45.4 Å². The van der Waals surface area contributed by atoms with Crippen molar-refractivity contribution in [1.82, 2.24) is 9.88 Å². The van der Waals surface area contributed by atoms with Gasteiger partial charge in [-0.3, -0.25) is 4.79 Å². The van der Waals surface area contributed by atoms with Crippen LogP contribution in [0.1, 0.15) is 35.8 Å². The van der Waals surface area contributed by atoms with Gasteiger partial charge >= 0.3 is 17.5 Å². The summed E-state index contributed by atoms with van der Waals surface area (Å²) in [6, 6.07) is 7.71. The summed E-state index contributed by atoms with van der Waals surface area (Å²) in [5.41, 5.74) is -4.48. The summed E-state index contributed by atoms with van der Waals surface area (Å²) in [5, 5.41) is 0. The summed E-state index contributed by atoms with van der Waals surface area (Å²) >= 11 is -0.267. The van der Waals surface area contributed by atoms with Gasteiger partial charge in [-0.15, -0.1) is 0 Å². The number of thioether (sulfide) groups is 1. The van der Waals surface area contributed by atoms with Crippen LogP contribution in [0.25, 0.3) is 0 Å². The van der Waals surface area contributed by atoms with E-state index in [1.807, 2.05) is 0 Å². The number of esters is 1. The number of benzene rings is 1. The zero-order chi connectivity index (χ0) is 23.1. The average Bonchev–Trinajstić information content (AvgIpc) is 3.51. The molecule has 1 saturated carbocycles. The molecule has 1 spiro atoms. The molecule has 4 rings (SSSR count). The predicted molar refractivity (Wildman–Crippen MR) is 109 cm³/mol. The van der Waals surface area contributed by atoms with Crippen molar-refractivity contribution in [2.45, 2.75) is 42.3 Å². The van der Waals surface area contributed by atoms with Gasteiger partial charge in [0.15, 0.2) is 0 Å². The lowest BCUT2D eigenvalue weighted by Crippen LogP contribution is -2.36. The minimum absolute atomic E-state index is 0.0402. The first-order chi connectivity index (χ1) is 15.1. The Morgan fingerprint density at radius 3 is 2.47 bits per heavy atom. The summed E-state index contributed by atoms with van der Waals surface area (Å²) in [7, 11) is 0. The van der Waals surface area contributed by atoms with Crippen molar-refractivity contribution in [3.8, 4) is 0 Å². The molecule has 2 aromatic rings. The molecule has 1 aliphatic heterocycles. The number of hydrogen-bond donors (Lipinski definition) is 0. The van der Waals surface area contributed by atoms with Gasteiger partial charge in [0.05, 0.1) is 12.3 Å². The number of carbonyl (C=O) groups is 3. The van der Waals surface area contributed by atoms with E-state index in [9.17, 15) is 27.6 Å². The third-order valence-corrected chi connectivity index (χ3v) is 5.98. The third-order valence-electron chi connectivity index (χ3n) is 5.24. The highest BCUT2D eigenvalue weighted by atomic mass is 32.2. The van der Waals surface area contributed by atoms with Crippen LogP contribution in [0.4, 0.5) is 23.7 Å². The number of rotatable bonds is 6. The van der Waals surface area contributed by atoms with Crippen LogP contribution >= 0.6 is 11.8 Å². The molecule has 32 heavy (non-hydrogen) atoms. The Morgan fingerprint density at radius 1 is 1.19 bits per heavy atom. The van der Waals surface area contributed by atoms with Crippen molar-refractivity contribution in [3.05, 3.63) is 53.9 Å². The van der Waals surface area contributed by atoms with Crippen molar-refractivity contribution in [3.63, 3.8) is 0 Å². The molecule has 3 amide bonds. The summed E-state index contributed by atoms with van der Waals surface area (Å²) in [4.78, 5) is 44.5. The van der Waals surface area contributed by atoms with E-state index in [2.05, 4.69) is 4.98 Å². The Kier molecular flexibility index (Phi) is 5.61. The van der Waals surface area contributed by atoms with Crippen molar-refractivity contribution < 1.29 is 32.3 Å². The number of amides is 3. The maximum atomic E-state index is 13.1. The molecule has 1 aromatic heterocycles. The molecule has 0 unspecified atom stereocenters. The Balaban J connectivity index is 1.56. The maximum Gasteiger partial charge on any atom is 0.446 e. The topological polar surface area (TPSA) is 79.8 Å². The molecule has 1 aliphatic carbocycles. The Labute approximate surface area is 185 Å². The summed E-state index contributed by atoms with van der Waals surface area (Å²) in [6.45, 7) is 1.95. The molecule has 168 valence electrons. The van der Waals surface area contributed by atoms with Crippen LogP contribution in [0, 0.1) is 0 Å². The summed E-state index contributed by atoms with van der Waals surface area (Å²) < 4.78 is 42.6. The zero-order valence-corrected chi connectivity index (χ0v) is 17.7. The monoisotopic (exact) mass is 465 g/mol. The lowest BCUT2D eigenvalue weighted by molar-refractivity contribution is -0.120. The second-order valence-electron chi connectivity index (χ2n) is 7.35. The number of imide groups is 1. The van der Waals surface area contributed by atoms with Crippen LogP contribution in [0.15, 0.2) is 47.5 Å². The van der Waals surface area contributed by atoms with Crippen LogP contribution in [0.2, 0.25) is 0 Å². The standard InChI is InChI=1S/C21H18F3N3O4S/c1-2-31-17(28)16-11-13(7-10-25-16)12-26-19(30)27(18(29)20(26)8-9-20)14-3-5-15(6-4-14)32-21(22,23)24/h3-7,10-11H,2,8-9,12H2,1H3. The molecule has 2 fully saturated rings. The van der Waals surface area contributed by atoms with Crippen molar-refractivity contribution in [2.75, 3.05) is 11.5 Å². The van der Waals surface area contributed by atoms with Gasteiger partial charge in [-0.2, -0.15) is 13.2 Å². The second-order valence-corrected chi connectivity index (χ2v) is 8.49. The van der Waals surface area contributed by atoms with E-state index in [4.69, 9.17) is 4.74 Å². The fourth-order valence-electron chi connectivity index (χ4n) is 3.63. The normalized spacial score (nSPS) is 17.2. The second kappa shape index (κ2) is 8.12. The number of anilines is 1. The molecular formula is C21H18F3N3O4S. The highest BCUT2D eigenvalue weighted by Gasteiger charge is 2.65. The van der Waals surface area contributed by atoms with E-state index in [1.165, 1.54) is 41.4 Å². The highest BCUT2D eigenvalue weighted by molar-refractivity contribution is 8.00. The molecule has 0 bridgehead atoms. The minimum Gasteiger partial charge on any atom is -0.461 e. The maximum absolute atomic E-state index is 13.1. The number of carbonyl (C=O) groups excluding carboxylic acids is 3. The van der Waals surface area contributed by atoms with Gasteiger partial charge in [0, 0.05) is 17.6 Å². The predicted octanol–water partition coefficient (Wildman–Crippen LogP) is 4.37. The molecule has 11 heteroatoms. The summed E-state index contributed by atoms with van der Waals surface area (Å²) in [6.07, 6.45) is 2.41. The largest absolute Gasteiger partial charge is 0.461 e. The fraction of sp³-hybridized carbons (Fsp3) is 0.333. The number of pyridine rings is 1. The number of ether oxygens (including phenoxy) is 1. The fourth-order valence-corrected chi connectivity index (χ4v) is 4.17. The van der Waals surface area contributed by atoms with Gasteiger partial charge in [-0.1, -0.05) is 0 Å². The third kappa shape index (κ3) is 4.16. The molecule has 2 heterocycles. The molecule has 1 aromatic carbocycles. The number of halogens is 3. The number of nitrogens with zero attached hydrogens (tertiary/aromatic N) is 3. The molecule has 1 saturated heterocycles. The quantitative estimate of drug-likeness (QED) is 0.358. The van der Waals surface area contributed by atoms with E-state index in [1.54, 1.807) is 13.0 Å². The Morgan fingerprint density at radius 2 is 1.88 bits per heavy atom. The van der Waals surface area contributed by atoms with Gasteiger partial charge in [0.2, 0.25) is 0 Å². The van der Waals surface area contributed by atoms with E-state index in [0.717, 1.165) is 4.90 Å². The molecule has 7 nitrogen and oxygen atoms in total. The molecule has 0 N–H and O–H groups in total. The van der Waals surface area contributed by atoms with Crippen LogP contribution < -0.4 is 4.90 Å². The summed E-state index contributed by atoms with van der Waals surface area (Å²) in [5.74, 6) is -0.990. The van der Waals surface area contributed by atoms with Crippen molar-refractivity contribution >= 4 is 35.4 Å². The van der Waals surface area contributed by atoms with E-state index in [-0.39, 0.29) is 41.2 Å². The zero-order valence-electron chi connectivity index (χ0n) is 16.9. The molecular weight excluding hydrogens is 447 g/mol. The first-order valence-electron chi connectivity index (χ1n) is 9.78. The van der Waals surface area contributed by atoms with E-state index >= 15 is 0 Å². The van der Waals surface area contributed by atoms with Crippen LogP contribution in [-0.2, 0) is 16.1 Å². The van der Waals surface area contributed by atoms with Gasteiger partial charge < -0.3 is 9.64 Å². The van der Waals surface area contributed by atoms with Gasteiger partial charge in [0.25, 0.3) is 5.91 Å². The number of urea groups is 1. The van der Waals surface area contributed by atoms with Gasteiger partial charge in [-0.25, -0.2) is 19.5 Å². The molecule has 2 aliphatic rings. The highest BCUT2D eigenvalue weighted by Crippen LogP contribution is 2.50. The molecule has 0 radical (unpaired) electrons. The Hall–Kier alpha value is -3.08. The van der Waals surface area contributed by atoms with Crippen molar-refractivity contribution in [2.24, 2.45) is 0 Å². The van der Waals surface area contributed by atoms with Gasteiger partial charge in [0.1, 0.15) is 11.2 Å². The first-order valence-corrected chi connectivity index (χ1v) is 10.6. The van der Waals surface area contributed by atoms with E-state index < -0.39 is 29.0 Å². The number of alkyl halides is 3. The number of hydrogen-bond acceptors (Lipinski definition) is 6. The van der Waals surface area contributed by atoms with Crippen molar-refractivity contribution in [1.29, 1.82) is 0 Å². The Bertz CT molecular complexity index is 1070. The average molecular weight is 465 g/mol. The van der Waals surface area contributed by atoms with Crippen LogP contribution in [0.3, 0.4) is 0 Å². The van der Waals surface area contributed by atoms with Crippen LogP contribution in [0.5, 0.6) is 0 Å². The van der Waals surface area contributed by atoms with E-state index in [0.29, 0.717) is 18.4 Å².